The molecule has 94 valence electrons. The van der Waals surface area contributed by atoms with Crippen LogP contribution in [0.5, 0.6) is 0 Å². The number of anilines is 2. The molecule has 1 aromatic carbocycles. The number of amides is 1. The molecule has 0 spiro atoms. The Morgan fingerprint density at radius 2 is 2.17 bits per heavy atom. The third kappa shape index (κ3) is 3.01. The monoisotopic (exact) mass is 261 g/mol. The number of nitrogen functional groups attached to an aromatic ring is 1. The van der Waals surface area contributed by atoms with Gasteiger partial charge in [0.1, 0.15) is 0 Å². The molecule has 0 radical (unpaired) electrons. The second kappa shape index (κ2) is 5.55. The Morgan fingerprint density at radius 3 is 2.83 bits per heavy atom. The van der Waals surface area contributed by atoms with E-state index in [0.717, 1.165) is 18.7 Å². The largest absolute Gasteiger partial charge is 0.398 e. The molecule has 1 amide bonds. The van der Waals surface area contributed by atoms with Gasteiger partial charge >= 0.3 is 0 Å². The Balaban J connectivity index is 1.97. The average Bonchev–Trinajstić information content (AvgIpc) is 2.84. The first-order chi connectivity index (χ1) is 8.66. The molecule has 2 aromatic rings. The molecule has 0 aliphatic rings. The van der Waals surface area contributed by atoms with E-state index in [0.29, 0.717) is 11.3 Å². The van der Waals surface area contributed by atoms with Crippen molar-refractivity contribution < 1.29 is 4.79 Å². The molecule has 5 heteroatoms. The van der Waals surface area contributed by atoms with E-state index in [1.165, 1.54) is 4.88 Å². The van der Waals surface area contributed by atoms with E-state index in [4.69, 9.17) is 11.5 Å². The highest BCUT2D eigenvalue weighted by molar-refractivity contribution is 7.09. The van der Waals surface area contributed by atoms with Gasteiger partial charge in [-0.15, -0.1) is 11.3 Å². The number of benzene rings is 1. The van der Waals surface area contributed by atoms with Gasteiger partial charge in [-0.25, -0.2) is 0 Å². The van der Waals surface area contributed by atoms with Crippen LogP contribution in [0.1, 0.15) is 15.2 Å². The standard InChI is InChI=1S/C13H15N3OS/c14-12-4-3-9(8-11(12)13(15)17)16-6-5-10-2-1-7-18-10/h1-4,7-8,16H,5-6,14H2,(H2,15,17). The van der Waals surface area contributed by atoms with Crippen LogP contribution in [0.4, 0.5) is 11.4 Å². The van der Waals surface area contributed by atoms with Crippen molar-refractivity contribution in [2.75, 3.05) is 17.6 Å². The number of thiophene rings is 1. The first-order valence-electron chi connectivity index (χ1n) is 5.62. The zero-order valence-electron chi connectivity index (χ0n) is 9.85. The van der Waals surface area contributed by atoms with E-state index in [1.54, 1.807) is 23.5 Å². The van der Waals surface area contributed by atoms with Crippen LogP contribution in [-0.4, -0.2) is 12.5 Å². The molecule has 18 heavy (non-hydrogen) atoms. The summed E-state index contributed by atoms with van der Waals surface area (Å²) < 4.78 is 0. The summed E-state index contributed by atoms with van der Waals surface area (Å²) in [5.74, 6) is -0.505. The topological polar surface area (TPSA) is 81.1 Å². The Hall–Kier alpha value is -2.01. The lowest BCUT2D eigenvalue weighted by Gasteiger charge is -2.08. The maximum Gasteiger partial charge on any atom is 0.250 e. The molecule has 0 aliphatic carbocycles. The van der Waals surface area contributed by atoms with Crippen molar-refractivity contribution in [3.8, 4) is 0 Å². The van der Waals surface area contributed by atoms with E-state index in [9.17, 15) is 4.79 Å². The fourth-order valence-electron chi connectivity index (χ4n) is 1.66. The molecule has 0 aliphatic heterocycles. The highest BCUT2D eigenvalue weighted by Crippen LogP contribution is 2.17. The lowest BCUT2D eigenvalue weighted by Crippen LogP contribution is -2.14. The van der Waals surface area contributed by atoms with E-state index < -0.39 is 5.91 Å². The minimum atomic E-state index is -0.505. The molecular formula is C13H15N3OS. The predicted molar refractivity (Wildman–Crippen MR) is 75.9 cm³/mol. The lowest BCUT2D eigenvalue weighted by molar-refractivity contribution is 0.100. The Labute approximate surface area is 110 Å². The average molecular weight is 261 g/mol. The second-order valence-electron chi connectivity index (χ2n) is 3.92. The molecular weight excluding hydrogens is 246 g/mol. The fraction of sp³-hybridized carbons (Fsp3) is 0.154. The molecule has 1 heterocycles. The highest BCUT2D eigenvalue weighted by atomic mass is 32.1. The molecule has 0 fully saturated rings. The van der Waals surface area contributed by atoms with Crippen LogP contribution in [0.25, 0.3) is 0 Å². The number of hydrogen-bond acceptors (Lipinski definition) is 4. The van der Waals surface area contributed by atoms with E-state index >= 15 is 0 Å². The lowest BCUT2D eigenvalue weighted by atomic mass is 10.1. The second-order valence-corrected chi connectivity index (χ2v) is 4.95. The van der Waals surface area contributed by atoms with E-state index in [-0.39, 0.29) is 0 Å². The van der Waals surface area contributed by atoms with Gasteiger partial charge in [-0.05, 0) is 36.1 Å². The number of hydrogen-bond donors (Lipinski definition) is 3. The van der Waals surface area contributed by atoms with Gasteiger partial charge in [0, 0.05) is 22.8 Å². The summed E-state index contributed by atoms with van der Waals surface area (Å²) in [7, 11) is 0. The van der Waals surface area contributed by atoms with Gasteiger partial charge in [-0.2, -0.15) is 0 Å². The summed E-state index contributed by atoms with van der Waals surface area (Å²) in [4.78, 5) is 12.5. The predicted octanol–water partition coefficient (Wildman–Crippen LogP) is 2.08. The minimum absolute atomic E-state index is 0.358. The summed E-state index contributed by atoms with van der Waals surface area (Å²) >= 11 is 1.73. The molecule has 0 atom stereocenters. The van der Waals surface area contributed by atoms with Crippen LogP contribution in [0.3, 0.4) is 0 Å². The molecule has 5 N–H and O–H groups in total. The maximum absolute atomic E-state index is 11.2. The first-order valence-corrected chi connectivity index (χ1v) is 6.50. The van der Waals surface area contributed by atoms with Crippen LogP contribution in [0, 0.1) is 0 Å². The van der Waals surface area contributed by atoms with Crippen LogP contribution in [0.2, 0.25) is 0 Å². The molecule has 4 nitrogen and oxygen atoms in total. The first kappa shape index (κ1) is 12.4. The zero-order chi connectivity index (χ0) is 13.0. The normalized spacial score (nSPS) is 10.2. The number of carbonyl (C=O) groups excluding carboxylic acids is 1. The Bertz CT molecular complexity index is 537. The third-order valence-corrected chi connectivity index (χ3v) is 3.54. The maximum atomic E-state index is 11.2. The van der Waals surface area contributed by atoms with Crippen LogP contribution in [-0.2, 0) is 6.42 Å². The summed E-state index contributed by atoms with van der Waals surface area (Å²) in [5, 5.41) is 5.31. The van der Waals surface area contributed by atoms with Gasteiger partial charge in [0.05, 0.1) is 5.56 Å². The van der Waals surface area contributed by atoms with Crippen molar-refractivity contribution in [2.45, 2.75) is 6.42 Å². The molecule has 0 saturated carbocycles. The van der Waals surface area contributed by atoms with Crippen LogP contribution < -0.4 is 16.8 Å². The van der Waals surface area contributed by atoms with Crippen molar-refractivity contribution in [3.05, 3.63) is 46.2 Å². The number of primary amides is 1. The van der Waals surface area contributed by atoms with E-state index in [1.807, 2.05) is 12.1 Å². The fourth-order valence-corrected chi connectivity index (χ4v) is 2.37. The number of rotatable bonds is 5. The quantitative estimate of drug-likeness (QED) is 0.721. The number of nitrogens with two attached hydrogens (primary N) is 2. The van der Waals surface area contributed by atoms with Gasteiger partial charge in [0.2, 0.25) is 0 Å². The molecule has 0 bridgehead atoms. The number of nitrogens with one attached hydrogen (secondary N) is 1. The highest BCUT2D eigenvalue weighted by Gasteiger charge is 2.06. The van der Waals surface area contributed by atoms with Crippen molar-refractivity contribution in [3.63, 3.8) is 0 Å². The Kier molecular flexibility index (Phi) is 3.84. The van der Waals surface area contributed by atoms with Gasteiger partial charge < -0.3 is 16.8 Å². The molecule has 0 saturated heterocycles. The zero-order valence-corrected chi connectivity index (χ0v) is 10.7. The van der Waals surface area contributed by atoms with Crippen molar-refractivity contribution in [2.24, 2.45) is 5.73 Å². The van der Waals surface area contributed by atoms with Gasteiger partial charge in [0.25, 0.3) is 5.91 Å². The van der Waals surface area contributed by atoms with E-state index in [2.05, 4.69) is 16.8 Å². The van der Waals surface area contributed by atoms with Crippen molar-refractivity contribution >= 4 is 28.6 Å². The summed E-state index contributed by atoms with van der Waals surface area (Å²) in [6, 6.07) is 9.36. The SMILES string of the molecule is NC(=O)c1cc(NCCc2cccs2)ccc1N. The molecule has 1 aromatic heterocycles. The third-order valence-electron chi connectivity index (χ3n) is 2.60. The van der Waals surface area contributed by atoms with Crippen LogP contribution >= 0.6 is 11.3 Å². The van der Waals surface area contributed by atoms with Gasteiger partial charge in [0.15, 0.2) is 0 Å². The van der Waals surface area contributed by atoms with Crippen LogP contribution in [0.15, 0.2) is 35.7 Å². The van der Waals surface area contributed by atoms with Gasteiger partial charge in [-0.3, -0.25) is 4.79 Å². The van der Waals surface area contributed by atoms with Gasteiger partial charge in [-0.1, -0.05) is 6.07 Å². The number of carbonyl (C=O) groups is 1. The molecule has 2 rings (SSSR count). The summed E-state index contributed by atoms with van der Waals surface area (Å²) in [5.41, 5.74) is 12.5. The molecule has 0 unspecified atom stereocenters. The summed E-state index contributed by atoms with van der Waals surface area (Å²) in [6.45, 7) is 0.808. The Morgan fingerprint density at radius 1 is 1.33 bits per heavy atom. The van der Waals surface area contributed by atoms with Crippen molar-refractivity contribution in [1.82, 2.24) is 0 Å². The minimum Gasteiger partial charge on any atom is -0.398 e. The van der Waals surface area contributed by atoms with Crippen molar-refractivity contribution in [1.29, 1.82) is 0 Å². The summed E-state index contributed by atoms with van der Waals surface area (Å²) in [6.07, 6.45) is 0.952. The smallest absolute Gasteiger partial charge is 0.250 e.